The van der Waals surface area contributed by atoms with Crippen LogP contribution in [0, 0.1) is 14.2 Å². The van der Waals surface area contributed by atoms with E-state index in [4.69, 9.17) is 5.26 Å². The number of rotatable bonds is 3. The highest BCUT2D eigenvalue weighted by molar-refractivity contribution is 14.1. The lowest BCUT2D eigenvalue weighted by Crippen LogP contribution is -2.00. The van der Waals surface area contributed by atoms with E-state index in [-0.39, 0.29) is 0 Å². The van der Waals surface area contributed by atoms with Crippen LogP contribution in [-0.2, 0) is 12.8 Å². The molecular weight excluding hydrogens is 355 g/mol. The van der Waals surface area contributed by atoms with Gasteiger partial charge in [-0.2, -0.15) is 5.26 Å². The third-order valence-electron chi connectivity index (χ3n) is 2.99. The Balaban J connectivity index is 2.87. The molecule has 0 fully saturated rings. The molecule has 0 atom stereocenters. The maximum Gasteiger partial charge on any atom is 0.140 e. The van der Waals surface area contributed by atoms with Gasteiger partial charge in [-0.15, -0.1) is 0 Å². The topological polar surface area (TPSA) is 36.7 Å². The lowest BCUT2D eigenvalue weighted by molar-refractivity contribution is 0.964. The van der Waals surface area contributed by atoms with E-state index in [1.807, 2.05) is 12.1 Å². The van der Waals surface area contributed by atoms with Crippen molar-refractivity contribution < 1.29 is 0 Å². The van der Waals surface area contributed by atoms with Crippen molar-refractivity contribution in [1.29, 1.82) is 5.26 Å². The largest absolute Gasteiger partial charge is 0.240 e. The molecule has 1 aromatic heterocycles. The van der Waals surface area contributed by atoms with Gasteiger partial charge in [0.15, 0.2) is 0 Å². The van der Waals surface area contributed by atoms with Gasteiger partial charge in [-0.25, -0.2) is 4.98 Å². The third-order valence-corrected chi connectivity index (χ3v) is 4.51. The van der Waals surface area contributed by atoms with Crippen molar-refractivity contribution in [2.45, 2.75) is 31.7 Å². The number of benzene rings is 1. The standard InChI is InChI=1S/C14H13IN2S/c1-3-9-10(4-2)14(18-8-16)17-12-7-5-6-11(15)13(9)12/h5-7H,3-4H2,1-2H3. The molecule has 0 spiro atoms. The molecule has 92 valence electrons. The summed E-state index contributed by atoms with van der Waals surface area (Å²) in [6.45, 7) is 4.29. The van der Waals surface area contributed by atoms with E-state index in [1.165, 1.54) is 31.8 Å². The van der Waals surface area contributed by atoms with Crippen molar-refractivity contribution in [3.05, 3.63) is 32.9 Å². The molecule has 0 aliphatic carbocycles. The summed E-state index contributed by atoms with van der Waals surface area (Å²) in [6, 6.07) is 6.15. The molecule has 18 heavy (non-hydrogen) atoms. The van der Waals surface area contributed by atoms with E-state index in [2.05, 4.69) is 52.9 Å². The Hall–Kier alpha value is -0.800. The zero-order valence-electron chi connectivity index (χ0n) is 10.3. The van der Waals surface area contributed by atoms with Crippen LogP contribution >= 0.6 is 34.4 Å². The Bertz CT molecular complexity index is 632. The minimum Gasteiger partial charge on any atom is -0.240 e. The fraction of sp³-hybridized carbons (Fsp3) is 0.286. The number of thioether (sulfide) groups is 1. The number of hydrogen-bond acceptors (Lipinski definition) is 3. The first-order valence-corrected chi connectivity index (χ1v) is 7.78. The molecule has 4 heteroatoms. The number of fused-ring (bicyclic) bond motifs is 1. The zero-order valence-corrected chi connectivity index (χ0v) is 13.3. The average molecular weight is 368 g/mol. The molecule has 2 nitrogen and oxygen atoms in total. The first-order valence-electron chi connectivity index (χ1n) is 5.88. The number of thiocyanates is 1. The highest BCUT2D eigenvalue weighted by atomic mass is 127. The Kier molecular flexibility index (Phi) is 4.46. The Morgan fingerprint density at radius 3 is 2.61 bits per heavy atom. The number of pyridine rings is 1. The molecule has 2 aromatic rings. The Morgan fingerprint density at radius 1 is 1.28 bits per heavy atom. The van der Waals surface area contributed by atoms with Gasteiger partial charge in [0.2, 0.25) is 0 Å². The summed E-state index contributed by atoms with van der Waals surface area (Å²) in [5.41, 5.74) is 3.56. The number of nitrogens with zero attached hydrogens (tertiary/aromatic N) is 2. The van der Waals surface area contributed by atoms with Crippen LogP contribution in [0.15, 0.2) is 23.2 Å². The fourth-order valence-electron chi connectivity index (χ4n) is 2.24. The summed E-state index contributed by atoms with van der Waals surface area (Å²) in [7, 11) is 0. The van der Waals surface area contributed by atoms with Crippen LogP contribution in [0.3, 0.4) is 0 Å². The van der Waals surface area contributed by atoms with Crippen LogP contribution < -0.4 is 0 Å². The molecule has 0 amide bonds. The smallest absolute Gasteiger partial charge is 0.140 e. The fourth-order valence-corrected chi connectivity index (χ4v) is 3.67. The van der Waals surface area contributed by atoms with Gasteiger partial charge < -0.3 is 0 Å². The van der Waals surface area contributed by atoms with Crippen LogP contribution in [0.2, 0.25) is 0 Å². The van der Waals surface area contributed by atoms with Crippen molar-refractivity contribution in [2.75, 3.05) is 0 Å². The quantitative estimate of drug-likeness (QED) is 0.454. The van der Waals surface area contributed by atoms with Crippen molar-refractivity contribution in [3.8, 4) is 5.40 Å². The van der Waals surface area contributed by atoms with E-state index >= 15 is 0 Å². The lowest BCUT2D eigenvalue weighted by Gasteiger charge is -2.14. The number of hydrogen-bond donors (Lipinski definition) is 0. The van der Waals surface area contributed by atoms with E-state index in [9.17, 15) is 0 Å². The second kappa shape index (κ2) is 5.89. The summed E-state index contributed by atoms with van der Waals surface area (Å²) in [5.74, 6) is 0. The van der Waals surface area contributed by atoms with Gasteiger partial charge in [0.25, 0.3) is 0 Å². The molecule has 1 aromatic carbocycles. The first kappa shape index (κ1) is 13.6. The maximum atomic E-state index is 8.90. The SMILES string of the molecule is CCc1c(SC#N)nc2cccc(I)c2c1CC. The summed E-state index contributed by atoms with van der Waals surface area (Å²) < 4.78 is 1.23. The molecule has 0 N–H and O–H groups in total. The van der Waals surface area contributed by atoms with Gasteiger partial charge in [0, 0.05) is 20.7 Å². The summed E-state index contributed by atoms with van der Waals surface area (Å²) in [4.78, 5) is 4.64. The van der Waals surface area contributed by atoms with Crippen molar-refractivity contribution in [2.24, 2.45) is 0 Å². The summed E-state index contributed by atoms with van der Waals surface area (Å²) in [6.07, 6.45) is 1.89. The van der Waals surface area contributed by atoms with Gasteiger partial charge in [-0.1, -0.05) is 19.9 Å². The van der Waals surface area contributed by atoms with E-state index in [1.54, 1.807) is 0 Å². The van der Waals surface area contributed by atoms with Crippen molar-refractivity contribution in [1.82, 2.24) is 4.98 Å². The van der Waals surface area contributed by atoms with Gasteiger partial charge in [-0.05, 0) is 58.7 Å². The van der Waals surface area contributed by atoms with Crippen LogP contribution in [-0.4, -0.2) is 4.98 Å². The molecular formula is C14H13IN2S. The molecule has 0 aliphatic heterocycles. The van der Waals surface area contributed by atoms with Crippen LogP contribution in [0.1, 0.15) is 25.0 Å². The Labute approximate surface area is 125 Å². The van der Waals surface area contributed by atoms with Crippen molar-refractivity contribution >= 4 is 45.3 Å². The van der Waals surface area contributed by atoms with Gasteiger partial charge in [-0.3, -0.25) is 0 Å². The number of nitriles is 1. The van der Waals surface area contributed by atoms with Crippen molar-refractivity contribution in [3.63, 3.8) is 0 Å². The summed E-state index contributed by atoms with van der Waals surface area (Å²) >= 11 is 3.53. The van der Waals surface area contributed by atoms with E-state index in [0.29, 0.717) is 0 Å². The third kappa shape index (κ3) is 2.34. The minimum absolute atomic E-state index is 0.867. The minimum atomic E-state index is 0.867. The monoisotopic (exact) mass is 368 g/mol. The summed E-state index contributed by atoms with van der Waals surface area (Å²) in [5, 5.41) is 13.2. The molecule has 0 bridgehead atoms. The average Bonchev–Trinajstić information content (AvgIpc) is 2.37. The molecule has 0 saturated heterocycles. The highest BCUT2D eigenvalue weighted by Gasteiger charge is 2.14. The maximum absolute atomic E-state index is 8.90. The van der Waals surface area contributed by atoms with E-state index in [0.717, 1.165) is 23.4 Å². The number of aromatic nitrogens is 1. The molecule has 1 heterocycles. The van der Waals surface area contributed by atoms with Crippen LogP contribution in [0.5, 0.6) is 0 Å². The van der Waals surface area contributed by atoms with Crippen LogP contribution in [0.4, 0.5) is 0 Å². The van der Waals surface area contributed by atoms with Gasteiger partial charge >= 0.3 is 0 Å². The normalized spacial score (nSPS) is 10.6. The Morgan fingerprint density at radius 2 is 2.00 bits per heavy atom. The predicted octanol–water partition coefficient (Wildman–Crippen LogP) is 4.54. The van der Waals surface area contributed by atoms with Gasteiger partial charge in [0.05, 0.1) is 5.52 Å². The lowest BCUT2D eigenvalue weighted by atomic mass is 10.00. The number of aryl methyl sites for hydroxylation is 1. The highest BCUT2D eigenvalue weighted by Crippen LogP contribution is 2.32. The molecule has 2 rings (SSSR count). The molecule has 0 radical (unpaired) electrons. The predicted molar refractivity (Wildman–Crippen MR) is 84.7 cm³/mol. The number of halogens is 1. The first-order chi connectivity index (χ1) is 8.72. The van der Waals surface area contributed by atoms with Crippen LogP contribution in [0.25, 0.3) is 10.9 Å². The van der Waals surface area contributed by atoms with E-state index < -0.39 is 0 Å². The second-order valence-electron chi connectivity index (χ2n) is 3.91. The van der Waals surface area contributed by atoms with Gasteiger partial charge in [0.1, 0.15) is 10.4 Å². The molecule has 0 saturated carbocycles. The zero-order chi connectivity index (χ0) is 13.1. The molecule has 0 aliphatic rings. The second-order valence-corrected chi connectivity index (χ2v) is 5.84. The molecule has 0 unspecified atom stereocenters.